The van der Waals surface area contributed by atoms with Crippen molar-refractivity contribution < 1.29 is 23.9 Å². The van der Waals surface area contributed by atoms with Gasteiger partial charge in [0.25, 0.3) is 0 Å². The fourth-order valence-electron chi connectivity index (χ4n) is 2.67. The fraction of sp³-hybridized carbons (Fsp3) is 0.476. The maximum absolute atomic E-state index is 12.7. The zero-order valence-electron chi connectivity index (χ0n) is 17.0. The van der Waals surface area contributed by atoms with Crippen LogP contribution in [-0.4, -0.2) is 43.6 Å². The number of hydrogen-bond acceptors (Lipinski definition) is 5. The molecule has 0 saturated heterocycles. The Morgan fingerprint density at radius 3 is 2.25 bits per heavy atom. The molecule has 0 aromatic heterocycles. The highest BCUT2D eigenvalue weighted by Crippen LogP contribution is 2.14. The molecule has 2 amide bonds. The minimum atomic E-state index is -0.809. The summed E-state index contributed by atoms with van der Waals surface area (Å²) in [5.41, 5.74) is 0.846. The Morgan fingerprint density at radius 1 is 1.11 bits per heavy atom. The Labute approximate surface area is 166 Å². The summed E-state index contributed by atoms with van der Waals surface area (Å²) in [6.07, 6.45) is 2.38. The summed E-state index contributed by atoms with van der Waals surface area (Å²) in [5.74, 6) is -0.395. The van der Waals surface area contributed by atoms with Crippen molar-refractivity contribution in [3.8, 4) is 5.75 Å². The number of hydrogen-bond donors (Lipinski definition) is 2. The van der Waals surface area contributed by atoms with Gasteiger partial charge >= 0.3 is 5.97 Å². The number of carbonyl (C=O) groups excluding carboxylic acids is 3. The monoisotopic (exact) mass is 390 g/mol. The highest BCUT2D eigenvalue weighted by molar-refractivity contribution is 5.90. The molecule has 154 valence electrons. The van der Waals surface area contributed by atoms with Gasteiger partial charge < -0.3 is 20.1 Å². The number of carbonyl (C=O) groups is 3. The quantitative estimate of drug-likeness (QED) is 0.445. The molecule has 0 saturated carbocycles. The number of methoxy groups -OCH3 is 1. The predicted molar refractivity (Wildman–Crippen MR) is 107 cm³/mol. The third kappa shape index (κ3) is 8.24. The Hall–Kier alpha value is -2.83. The van der Waals surface area contributed by atoms with Gasteiger partial charge in [-0.1, -0.05) is 38.6 Å². The van der Waals surface area contributed by atoms with Gasteiger partial charge in [-0.05, 0) is 30.0 Å². The number of amides is 2. The van der Waals surface area contributed by atoms with E-state index in [1.54, 1.807) is 18.2 Å². The molecular weight excluding hydrogens is 360 g/mol. The molecule has 0 fully saturated rings. The van der Waals surface area contributed by atoms with Gasteiger partial charge in [0.2, 0.25) is 11.8 Å². The molecule has 1 aromatic carbocycles. The van der Waals surface area contributed by atoms with Crippen LogP contribution in [0.5, 0.6) is 5.75 Å². The lowest BCUT2D eigenvalue weighted by atomic mass is 10.0. The molecule has 1 aromatic rings. The molecular formula is C21H30N2O5. The summed E-state index contributed by atoms with van der Waals surface area (Å²) in [5, 5.41) is 5.35. The van der Waals surface area contributed by atoms with E-state index >= 15 is 0 Å². The molecule has 7 nitrogen and oxygen atoms in total. The first-order valence-electron chi connectivity index (χ1n) is 9.24. The molecule has 7 heteroatoms. The van der Waals surface area contributed by atoms with Gasteiger partial charge in [-0.15, -0.1) is 0 Å². The minimum absolute atomic E-state index is 0.187. The smallest absolute Gasteiger partial charge is 0.328 e. The molecule has 2 N–H and O–H groups in total. The first kappa shape index (κ1) is 23.2. The summed E-state index contributed by atoms with van der Waals surface area (Å²) in [4.78, 5) is 36.3. The molecule has 0 spiro atoms. The molecule has 0 aliphatic carbocycles. The van der Waals surface area contributed by atoms with Gasteiger partial charge in [-0.3, -0.25) is 9.59 Å². The van der Waals surface area contributed by atoms with E-state index in [-0.39, 0.29) is 18.2 Å². The van der Waals surface area contributed by atoms with Crippen LogP contribution in [0.1, 0.15) is 32.8 Å². The van der Waals surface area contributed by atoms with Gasteiger partial charge in [0, 0.05) is 13.3 Å². The molecule has 0 aliphatic heterocycles. The molecule has 0 aliphatic rings. The van der Waals surface area contributed by atoms with Gasteiger partial charge in [0.05, 0.1) is 7.11 Å². The second kappa shape index (κ2) is 11.8. The van der Waals surface area contributed by atoms with Gasteiger partial charge in [-0.25, -0.2) is 4.79 Å². The SMILES string of the molecule is C=CCOc1ccc(C[C@H](NC(C)=O)C(=O)N[C@@H](CC(C)C)C(=O)OC)cc1. The molecule has 0 radical (unpaired) electrons. The van der Waals surface area contributed by atoms with Gasteiger partial charge in [0.15, 0.2) is 0 Å². The van der Waals surface area contributed by atoms with E-state index in [1.807, 2.05) is 26.0 Å². The van der Waals surface area contributed by atoms with Crippen LogP contribution in [0.4, 0.5) is 0 Å². The summed E-state index contributed by atoms with van der Waals surface area (Å²) in [6, 6.07) is 5.66. The first-order valence-corrected chi connectivity index (χ1v) is 9.24. The number of nitrogens with one attached hydrogen (secondary N) is 2. The molecule has 2 atom stereocenters. The Bertz CT molecular complexity index is 670. The number of ether oxygens (including phenoxy) is 2. The summed E-state index contributed by atoms with van der Waals surface area (Å²) < 4.78 is 10.2. The number of rotatable bonds is 11. The van der Waals surface area contributed by atoms with Crippen molar-refractivity contribution in [3.05, 3.63) is 42.5 Å². The van der Waals surface area contributed by atoms with E-state index < -0.39 is 24.0 Å². The first-order chi connectivity index (χ1) is 13.3. The summed E-state index contributed by atoms with van der Waals surface area (Å²) >= 11 is 0. The van der Waals surface area contributed by atoms with Crippen molar-refractivity contribution in [1.82, 2.24) is 10.6 Å². The Kier molecular flexibility index (Phi) is 9.78. The van der Waals surface area contributed by atoms with Crippen LogP contribution in [0, 0.1) is 5.92 Å². The summed E-state index contributed by atoms with van der Waals surface area (Å²) in [6.45, 7) is 9.24. The lowest BCUT2D eigenvalue weighted by Crippen LogP contribution is -2.52. The zero-order chi connectivity index (χ0) is 21.1. The highest BCUT2D eigenvalue weighted by atomic mass is 16.5. The summed E-state index contributed by atoms with van der Waals surface area (Å²) in [7, 11) is 1.28. The second-order valence-electron chi connectivity index (χ2n) is 6.91. The van der Waals surface area contributed by atoms with Crippen LogP contribution in [-0.2, 0) is 25.5 Å². The average molecular weight is 390 g/mol. The lowest BCUT2D eigenvalue weighted by molar-refractivity contribution is -0.145. The second-order valence-corrected chi connectivity index (χ2v) is 6.91. The molecule has 1 rings (SSSR count). The lowest BCUT2D eigenvalue weighted by Gasteiger charge is -2.23. The van der Waals surface area contributed by atoms with Gasteiger partial charge in [0.1, 0.15) is 24.4 Å². The molecule has 0 unspecified atom stereocenters. The van der Waals surface area contributed by atoms with Crippen LogP contribution < -0.4 is 15.4 Å². The van der Waals surface area contributed by atoms with E-state index in [4.69, 9.17) is 9.47 Å². The molecule has 28 heavy (non-hydrogen) atoms. The third-order valence-electron chi connectivity index (χ3n) is 3.93. The Balaban J connectivity index is 2.87. The van der Waals surface area contributed by atoms with Gasteiger partial charge in [-0.2, -0.15) is 0 Å². The predicted octanol–water partition coefficient (Wildman–Crippen LogP) is 2.00. The largest absolute Gasteiger partial charge is 0.490 e. The van der Waals surface area contributed by atoms with E-state index in [9.17, 15) is 14.4 Å². The number of benzene rings is 1. The standard InChI is InChI=1S/C21H30N2O5/c1-6-11-28-17-9-7-16(8-10-17)13-18(22-15(4)24)20(25)23-19(12-14(2)3)21(26)27-5/h6-10,14,18-19H,1,11-13H2,2-5H3,(H,22,24)(H,23,25)/t18-,19-/m0/s1. The Morgan fingerprint density at radius 2 is 1.75 bits per heavy atom. The van der Waals surface area contributed by atoms with Crippen LogP contribution in [0.2, 0.25) is 0 Å². The van der Waals surface area contributed by atoms with E-state index in [2.05, 4.69) is 17.2 Å². The third-order valence-corrected chi connectivity index (χ3v) is 3.93. The van der Waals surface area contributed by atoms with Crippen molar-refractivity contribution in [3.63, 3.8) is 0 Å². The van der Waals surface area contributed by atoms with E-state index in [0.717, 1.165) is 5.56 Å². The highest BCUT2D eigenvalue weighted by Gasteiger charge is 2.27. The normalized spacial score (nSPS) is 12.6. The van der Waals surface area contributed by atoms with Crippen molar-refractivity contribution in [2.24, 2.45) is 5.92 Å². The topological polar surface area (TPSA) is 93.7 Å². The number of esters is 1. The van der Waals surface area contributed by atoms with E-state index in [0.29, 0.717) is 18.8 Å². The molecule has 0 bridgehead atoms. The molecule has 0 heterocycles. The van der Waals surface area contributed by atoms with Crippen LogP contribution in [0.3, 0.4) is 0 Å². The van der Waals surface area contributed by atoms with Crippen LogP contribution in [0.25, 0.3) is 0 Å². The zero-order valence-corrected chi connectivity index (χ0v) is 17.0. The van der Waals surface area contributed by atoms with Crippen LogP contribution >= 0.6 is 0 Å². The van der Waals surface area contributed by atoms with E-state index in [1.165, 1.54) is 14.0 Å². The van der Waals surface area contributed by atoms with Crippen LogP contribution in [0.15, 0.2) is 36.9 Å². The fourth-order valence-corrected chi connectivity index (χ4v) is 2.67. The van der Waals surface area contributed by atoms with Crippen molar-refractivity contribution in [1.29, 1.82) is 0 Å². The van der Waals surface area contributed by atoms with Crippen molar-refractivity contribution in [2.75, 3.05) is 13.7 Å². The maximum Gasteiger partial charge on any atom is 0.328 e. The minimum Gasteiger partial charge on any atom is -0.490 e. The average Bonchev–Trinajstić information content (AvgIpc) is 2.64. The maximum atomic E-state index is 12.7. The van der Waals surface area contributed by atoms with Crippen molar-refractivity contribution >= 4 is 17.8 Å². The van der Waals surface area contributed by atoms with Crippen molar-refractivity contribution in [2.45, 2.75) is 45.7 Å².